The second kappa shape index (κ2) is 5.74. The fraction of sp³-hybridized carbons (Fsp3) is 0.333. The quantitative estimate of drug-likeness (QED) is 0.802. The molecule has 9 heteroatoms. The van der Waals surface area contributed by atoms with Crippen LogP contribution in [0.1, 0.15) is 16.8 Å². The fourth-order valence-corrected chi connectivity index (χ4v) is 4.38. The van der Waals surface area contributed by atoms with Crippen molar-refractivity contribution in [1.82, 2.24) is 9.62 Å². The molecule has 1 amide bonds. The van der Waals surface area contributed by atoms with E-state index in [4.69, 9.17) is 5.11 Å². The minimum Gasteiger partial charge on any atom is -0.478 e. The summed E-state index contributed by atoms with van der Waals surface area (Å²) < 4.78 is 27.2. The first-order valence-corrected chi connectivity index (χ1v) is 8.27. The van der Waals surface area contributed by atoms with Gasteiger partial charge in [-0.2, -0.15) is 0 Å². The summed E-state index contributed by atoms with van der Waals surface area (Å²) in [4.78, 5) is 23.6. The van der Waals surface area contributed by atoms with Crippen molar-refractivity contribution in [3.63, 3.8) is 0 Å². The summed E-state index contributed by atoms with van der Waals surface area (Å²) >= 11 is 3.06. The molecule has 0 saturated carbocycles. The Hall–Kier alpha value is -1.45. The van der Waals surface area contributed by atoms with E-state index in [1.807, 2.05) is 0 Å². The van der Waals surface area contributed by atoms with Crippen LogP contribution in [0.4, 0.5) is 0 Å². The van der Waals surface area contributed by atoms with Gasteiger partial charge in [-0.05, 0) is 34.1 Å². The Morgan fingerprint density at radius 1 is 1.48 bits per heavy atom. The molecule has 0 aromatic heterocycles. The Morgan fingerprint density at radius 3 is 2.62 bits per heavy atom. The third kappa shape index (κ3) is 3.42. The van der Waals surface area contributed by atoms with E-state index in [2.05, 4.69) is 20.7 Å². The molecule has 1 aromatic carbocycles. The fourth-order valence-electron chi connectivity index (χ4n) is 2.08. The van der Waals surface area contributed by atoms with Crippen molar-refractivity contribution in [2.75, 3.05) is 13.6 Å². The summed E-state index contributed by atoms with van der Waals surface area (Å²) in [5.41, 5.74) is -0.0170. The SMILES string of the molecule is CN1CC(NS(=O)(=O)c2ccc(C(=O)O)cc2Br)CC1=O. The van der Waals surface area contributed by atoms with Gasteiger partial charge in [-0.25, -0.2) is 17.9 Å². The molecule has 1 aliphatic heterocycles. The van der Waals surface area contributed by atoms with E-state index in [9.17, 15) is 18.0 Å². The van der Waals surface area contributed by atoms with Crippen LogP contribution in [0.3, 0.4) is 0 Å². The van der Waals surface area contributed by atoms with Gasteiger partial charge in [0.1, 0.15) is 0 Å². The number of amides is 1. The number of carboxylic acid groups (broad SMARTS) is 1. The molecular formula is C12H13BrN2O5S. The van der Waals surface area contributed by atoms with Gasteiger partial charge in [0, 0.05) is 30.5 Å². The number of halogens is 1. The van der Waals surface area contributed by atoms with Gasteiger partial charge < -0.3 is 10.0 Å². The van der Waals surface area contributed by atoms with Crippen LogP contribution in [-0.4, -0.2) is 49.9 Å². The predicted molar refractivity (Wildman–Crippen MR) is 77.5 cm³/mol. The summed E-state index contributed by atoms with van der Waals surface area (Å²) in [6.07, 6.45) is 0.112. The highest BCUT2D eigenvalue weighted by Crippen LogP contribution is 2.24. The number of benzene rings is 1. The van der Waals surface area contributed by atoms with Crippen LogP contribution in [-0.2, 0) is 14.8 Å². The Morgan fingerprint density at radius 2 is 2.14 bits per heavy atom. The van der Waals surface area contributed by atoms with E-state index in [0.717, 1.165) is 0 Å². The highest BCUT2D eigenvalue weighted by Gasteiger charge is 2.31. The molecule has 1 fully saturated rings. The van der Waals surface area contributed by atoms with Gasteiger partial charge >= 0.3 is 5.97 Å². The molecule has 1 heterocycles. The zero-order valence-electron chi connectivity index (χ0n) is 11.0. The van der Waals surface area contributed by atoms with E-state index >= 15 is 0 Å². The number of carbonyl (C=O) groups is 2. The van der Waals surface area contributed by atoms with Crippen LogP contribution in [0.15, 0.2) is 27.6 Å². The maximum atomic E-state index is 12.3. The minimum atomic E-state index is -3.83. The number of aromatic carboxylic acids is 1. The monoisotopic (exact) mass is 376 g/mol. The maximum absolute atomic E-state index is 12.3. The third-order valence-electron chi connectivity index (χ3n) is 3.13. The number of hydrogen-bond donors (Lipinski definition) is 2. The highest BCUT2D eigenvalue weighted by molar-refractivity contribution is 9.10. The lowest BCUT2D eigenvalue weighted by Crippen LogP contribution is -2.36. The van der Waals surface area contributed by atoms with Crippen LogP contribution in [0.5, 0.6) is 0 Å². The van der Waals surface area contributed by atoms with Crippen molar-refractivity contribution < 1.29 is 23.1 Å². The lowest BCUT2D eigenvalue weighted by Gasteiger charge is -2.14. The molecule has 0 spiro atoms. The number of hydrogen-bond acceptors (Lipinski definition) is 4. The summed E-state index contributed by atoms with van der Waals surface area (Å²) in [7, 11) is -2.23. The van der Waals surface area contributed by atoms with E-state index < -0.39 is 22.0 Å². The smallest absolute Gasteiger partial charge is 0.335 e. The molecule has 1 aromatic rings. The van der Waals surface area contributed by atoms with E-state index in [0.29, 0.717) is 6.54 Å². The highest BCUT2D eigenvalue weighted by atomic mass is 79.9. The average Bonchev–Trinajstić information content (AvgIpc) is 2.66. The molecule has 1 unspecified atom stereocenters. The van der Waals surface area contributed by atoms with Gasteiger partial charge in [0.05, 0.1) is 10.5 Å². The molecule has 0 bridgehead atoms. The topological polar surface area (TPSA) is 104 Å². The lowest BCUT2D eigenvalue weighted by atomic mass is 10.2. The number of rotatable bonds is 4. The van der Waals surface area contributed by atoms with Crippen molar-refractivity contribution >= 4 is 37.8 Å². The number of nitrogens with zero attached hydrogens (tertiary/aromatic N) is 1. The van der Waals surface area contributed by atoms with Crippen molar-refractivity contribution in [2.24, 2.45) is 0 Å². The third-order valence-corrected chi connectivity index (χ3v) is 5.63. The van der Waals surface area contributed by atoms with Crippen molar-refractivity contribution in [3.05, 3.63) is 28.2 Å². The second-order valence-electron chi connectivity index (χ2n) is 4.75. The number of carbonyl (C=O) groups excluding carboxylic acids is 1. The normalized spacial score (nSPS) is 19.0. The maximum Gasteiger partial charge on any atom is 0.335 e. The second-order valence-corrected chi connectivity index (χ2v) is 7.28. The van der Waals surface area contributed by atoms with Gasteiger partial charge in [-0.3, -0.25) is 4.79 Å². The molecule has 1 saturated heterocycles. The number of likely N-dealkylation sites (N-methyl/N-ethyl adjacent to an activating group) is 1. The average molecular weight is 377 g/mol. The van der Waals surface area contributed by atoms with Gasteiger partial charge in [0.2, 0.25) is 15.9 Å². The Labute approximate surface area is 130 Å². The Kier molecular flexibility index (Phi) is 4.35. The molecule has 0 aliphatic carbocycles. The van der Waals surface area contributed by atoms with Crippen LogP contribution < -0.4 is 4.72 Å². The molecule has 2 N–H and O–H groups in total. The molecule has 2 rings (SSSR count). The summed E-state index contributed by atoms with van der Waals surface area (Å²) in [6, 6.07) is 3.17. The van der Waals surface area contributed by atoms with Crippen molar-refractivity contribution in [2.45, 2.75) is 17.4 Å². The minimum absolute atomic E-state index is 0.0170. The molecule has 1 aliphatic rings. The van der Waals surface area contributed by atoms with Gasteiger partial charge in [-0.1, -0.05) is 0 Å². The van der Waals surface area contributed by atoms with Crippen molar-refractivity contribution in [1.29, 1.82) is 0 Å². The van der Waals surface area contributed by atoms with Crippen LogP contribution in [0.2, 0.25) is 0 Å². The molecular weight excluding hydrogens is 364 g/mol. The molecule has 1 atom stereocenters. The number of sulfonamides is 1. The standard InChI is InChI=1S/C12H13BrN2O5S/c1-15-6-8(5-11(15)16)14-21(19,20)10-3-2-7(12(17)18)4-9(10)13/h2-4,8,14H,5-6H2,1H3,(H,17,18). The zero-order chi connectivity index (χ0) is 15.8. The van der Waals surface area contributed by atoms with E-state index in [1.54, 1.807) is 7.05 Å². The predicted octanol–water partition coefficient (Wildman–Crippen LogP) is 0.656. The first kappa shape index (κ1) is 15.9. The van der Waals surface area contributed by atoms with Gasteiger partial charge in [0.15, 0.2) is 0 Å². The lowest BCUT2D eigenvalue weighted by molar-refractivity contribution is -0.126. The largest absolute Gasteiger partial charge is 0.478 e. The van der Waals surface area contributed by atoms with Gasteiger partial charge in [0.25, 0.3) is 0 Å². The first-order chi connectivity index (χ1) is 9.70. The summed E-state index contributed by atoms with van der Waals surface area (Å²) in [5.74, 6) is -1.27. The first-order valence-electron chi connectivity index (χ1n) is 6.00. The number of nitrogens with one attached hydrogen (secondary N) is 1. The Balaban J connectivity index is 2.24. The van der Waals surface area contributed by atoms with E-state index in [-0.39, 0.29) is 27.3 Å². The van der Waals surface area contributed by atoms with Crippen LogP contribution >= 0.6 is 15.9 Å². The summed E-state index contributed by atoms with van der Waals surface area (Å²) in [5, 5.41) is 8.86. The summed E-state index contributed by atoms with van der Waals surface area (Å²) in [6.45, 7) is 0.308. The van der Waals surface area contributed by atoms with E-state index in [1.165, 1.54) is 23.1 Å². The molecule has 7 nitrogen and oxygen atoms in total. The number of likely N-dealkylation sites (tertiary alicyclic amines) is 1. The van der Waals surface area contributed by atoms with Crippen LogP contribution in [0, 0.1) is 0 Å². The molecule has 0 radical (unpaired) electrons. The Bertz CT molecular complexity index is 704. The van der Waals surface area contributed by atoms with Gasteiger partial charge in [-0.15, -0.1) is 0 Å². The molecule has 114 valence electrons. The molecule has 21 heavy (non-hydrogen) atoms. The number of carboxylic acids is 1. The van der Waals surface area contributed by atoms with Crippen LogP contribution in [0.25, 0.3) is 0 Å². The van der Waals surface area contributed by atoms with Crippen molar-refractivity contribution in [3.8, 4) is 0 Å². The zero-order valence-corrected chi connectivity index (χ0v) is 13.4.